The molecule has 2 aromatic rings. The average molecular weight is 215 g/mol. The zero-order valence-electron chi connectivity index (χ0n) is 8.38. The van der Waals surface area contributed by atoms with Crippen LogP contribution in [0.1, 0.15) is 10.4 Å². The number of fused-ring (bicyclic) bond motifs is 1. The molecule has 0 aliphatic heterocycles. The zero-order valence-corrected chi connectivity index (χ0v) is 8.38. The fraction of sp³-hybridized carbons (Fsp3) is 0. The molecule has 1 N–H and O–H groups in total. The van der Waals surface area contributed by atoms with E-state index in [0.717, 1.165) is 0 Å². The van der Waals surface area contributed by atoms with E-state index in [1.54, 1.807) is 24.3 Å². The Morgan fingerprint density at radius 2 is 1.81 bits per heavy atom. The lowest BCUT2D eigenvalue weighted by atomic mass is 10.0. The van der Waals surface area contributed by atoms with Gasteiger partial charge in [-0.05, 0) is 12.1 Å². The predicted octanol–water partition coefficient (Wildman–Crippen LogP) is 2.38. The molecule has 4 heteroatoms. The lowest BCUT2D eigenvalue weighted by molar-refractivity contribution is -0.347. The minimum absolute atomic E-state index is 0.182. The van der Waals surface area contributed by atoms with Crippen LogP contribution in [0.5, 0.6) is 0 Å². The van der Waals surface area contributed by atoms with E-state index >= 15 is 0 Å². The molecule has 0 atom stereocenters. The molecule has 0 aromatic heterocycles. The molecule has 2 rings (SSSR count). The summed E-state index contributed by atoms with van der Waals surface area (Å²) in [7, 11) is 0. The minimum atomic E-state index is -1.01. The van der Waals surface area contributed by atoms with E-state index in [0.29, 0.717) is 21.2 Å². The Morgan fingerprint density at radius 1 is 1.19 bits per heavy atom. The Kier molecular flexibility index (Phi) is 2.32. The van der Waals surface area contributed by atoms with Crippen LogP contribution in [0.2, 0.25) is 0 Å². The van der Waals surface area contributed by atoms with Gasteiger partial charge in [0, 0.05) is 11.5 Å². The van der Waals surface area contributed by atoms with E-state index in [1.807, 2.05) is 0 Å². The first-order valence-electron chi connectivity index (χ1n) is 4.64. The number of hydrogen-bond donors (Lipinski definition) is 1. The van der Waals surface area contributed by atoms with Crippen molar-refractivity contribution in [2.24, 2.45) is 0 Å². The molecular weight excluding hydrogens is 206 g/mol. The second-order valence-electron chi connectivity index (χ2n) is 3.36. The van der Waals surface area contributed by atoms with Crippen LogP contribution in [0, 0.1) is 5.21 Å². The Hall–Kier alpha value is -2.36. The van der Waals surface area contributed by atoms with Crippen molar-refractivity contribution < 1.29 is 14.6 Å². The largest absolute Gasteiger partial charge is 0.619 e. The number of rotatable bonds is 2. The predicted molar refractivity (Wildman–Crippen MR) is 61.3 cm³/mol. The van der Waals surface area contributed by atoms with Crippen LogP contribution in [0.4, 0.5) is 5.69 Å². The van der Waals surface area contributed by atoms with Gasteiger partial charge in [-0.2, -0.15) is 4.74 Å². The smallest absolute Gasteiger partial charge is 0.336 e. The molecule has 0 bridgehead atoms. The fourth-order valence-electron chi connectivity index (χ4n) is 1.69. The summed E-state index contributed by atoms with van der Waals surface area (Å²) >= 11 is 0. The molecule has 2 aromatic carbocycles. The standard InChI is InChI=1S/C12H9NO3/c1-13(16)11-7-6-10(12(14)15)8-4-2-3-5-9(8)11/h2-7H,1H2,(H,14,15). The highest BCUT2D eigenvalue weighted by atomic mass is 16.5. The van der Waals surface area contributed by atoms with Crippen molar-refractivity contribution in [2.45, 2.75) is 0 Å². The first kappa shape index (κ1) is 10.2. The van der Waals surface area contributed by atoms with Crippen LogP contribution in [0.25, 0.3) is 10.8 Å². The molecule has 0 spiro atoms. The Balaban J connectivity index is 2.87. The molecule has 0 fully saturated rings. The first-order valence-corrected chi connectivity index (χ1v) is 4.64. The number of hydrogen-bond acceptors (Lipinski definition) is 2. The van der Waals surface area contributed by atoms with Crippen molar-refractivity contribution in [2.75, 3.05) is 0 Å². The Labute approximate surface area is 91.7 Å². The molecule has 0 amide bonds. The van der Waals surface area contributed by atoms with Crippen LogP contribution in [-0.4, -0.2) is 22.5 Å². The SMILES string of the molecule is C=[N+]([O-])c1ccc(C(=O)O)c2ccccc12. The highest BCUT2D eigenvalue weighted by Gasteiger charge is 2.13. The van der Waals surface area contributed by atoms with Gasteiger partial charge in [0.2, 0.25) is 5.69 Å². The average Bonchev–Trinajstić information content (AvgIpc) is 2.27. The van der Waals surface area contributed by atoms with E-state index in [9.17, 15) is 10.0 Å². The lowest BCUT2D eigenvalue weighted by Crippen LogP contribution is -1.99. The van der Waals surface area contributed by atoms with Gasteiger partial charge in [0.05, 0.1) is 10.9 Å². The maximum Gasteiger partial charge on any atom is 0.336 e. The summed E-state index contributed by atoms with van der Waals surface area (Å²) in [4.78, 5) is 11.0. The topological polar surface area (TPSA) is 63.4 Å². The Morgan fingerprint density at radius 3 is 2.38 bits per heavy atom. The summed E-state index contributed by atoms with van der Waals surface area (Å²) in [5.41, 5.74) is 0.543. The quantitative estimate of drug-likeness (QED) is 0.362. The van der Waals surface area contributed by atoms with E-state index in [1.165, 1.54) is 12.1 Å². The number of benzene rings is 2. The first-order chi connectivity index (χ1) is 7.61. The van der Waals surface area contributed by atoms with E-state index in [2.05, 4.69) is 6.72 Å². The summed E-state index contributed by atoms with van der Waals surface area (Å²) in [5.74, 6) is -1.01. The zero-order chi connectivity index (χ0) is 11.7. The van der Waals surface area contributed by atoms with E-state index in [-0.39, 0.29) is 5.56 Å². The number of nitrogens with zero attached hydrogens (tertiary/aromatic N) is 1. The molecule has 0 aliphatic rings. The van der Waals surface area contributed by atoms with Crippen molar-refractivity contribution in [3.8, 4) is 0 Å². The molecule has 80 valence electrons. The van der Waals surface area contributed by atoms with Gasteiger partial charge in [-0.1, -0.05) is 18.2 Å². The summed E-state index contributed by atoms with van der Waals surface area (Å²) < 4.78 is 0.480. The van der Waals surface area contributed by atoms with Crippen LogP contribution in [0.15, 0.2) is 36.4 Å². The molecule has 0 radical (unpaired) electrons. The van der Waals surface area contributed by atoms with Gasteiger partial charge in [-0.25, -0.2) is 4.79 Å². The third-order valence-corrected chi connectivity index (χ3v) is 2.40. The van der Waals surface area contributed by atoms with Gasteiger partial charge in [0.15, 0.2) is 0 Å². The van der Waals surface area contributed by atoms with E-state index in [4.69, 9.17) is 5.11 Å². The molecule has 0 heterocycles. The van der Waals surface area contributed by atoms with Crippen LogP contribution < -0.4 is 0 Å². The van der Waals surface area contributed by atoms with Crippen molar-refractivity contribution in [1.29, 1.82) is 0 Å². The van der Waals surface area contributed by atoms with Gasteiger partial charge >= 0.3 is 5.97 Å². The van der Waals surface area contributed by atoms with Crippen LogP contribution in [-0.2, 0) is 0 Å². The van der Waals surface area contributed by atoms with Crippen LogP contribution in [0.3, 0.4) is 0 Å². The highest BCUT2D eigenvalue weighted by molar-refractivity contribution is 6.06. The van der Waals surface area contributed by atoms with Crippen molar-refractivity contribution >= 4 is 29.1 Å². The molecule has 0 saturated carbocycles. The molecule has 0 unspecified atom stereocenters. The van der Waals surface area contributed by atoms with Crippen molar-refractivity contribution in [3.05, 3.63) is 47.2 Å². The minimum Gasteiger partial charge on any atom is -0.619 e. The number of aromatic carboxylic acids is 1. The van der Waals surface area contributed by atoms with Crippen molar-refractivity contribution in [1.82, 2.24) is 0 Å². The lowest BCUT2D eigenvalue weighted by Gasteiger charge is -2.06. The molecule has 0 aliphatic carbocycles. The third kappa shape index (κ3) is 1.50. The van der Waals surface area contributed by atoms with Gasteiger partial charge in [0.1, 0.15) is 6.72 Å². The maximum absolute atomic E-state index is 11.2. The normalized spacial score (nSPS) is 10.2. The summed E-state index contributed by atoms with van der Waals surface area (Å²) in [5, 5.41) is 21.3. The van der Waals surface area contributed by atoms with Gasteiger partial charge in [0.25, 0.3) is 0 Å². The fourth-order valence-corrected chi connectivity index (χ4v) is 1.69. The third-order valence-electron chi connectivity index (χ3n) is 2.40. The summed E-state index contributed by atoms with van der Waals surface area (Å²) in [6.45, 7) is 3.26. The Bertz CT molecular complexity index is 537. The van der Waals surface area contributed by atoms with Gasteiger partial charge in [-0.3, -0.25) is 0 Å². The number of carbonyl (C=O) groups is 1. The highest BCUT2D eigenvalue weighted by Crippen LogP contribution is 2.27. The van der Waals surface area contributed by atoms with E-state index < -0.39 is 5.97 Å². The molecule has 4 nitrogen and oxygen atoms in total. The molecule has 0 saturated heterocycles. The summed E-state index contributed by atoms with van der Waals surface area (Å²) in [6, 6.07) is 9.73. The summed E-state index contributed by atoms with van der Waals surface area (Å²) in [6.07, 6.45) is 0. The van der Waals surface area contributed by atoms with Gasteiger partial charge < -0.3 is 10.3 Å². The second kappa shape index (κ2) is 3.66. The van der Waals surface area contributed by atoms with Gasteiger partial charge in [-0.15, -0.1) is 0 Å². The molecular formula is C12H9NO3. The number of carboxylic acids is 1. The maximum atomic E-state index is 11.2. The molecule has 16 heavy (non-hydrogen) atoms. The van der Waals surface area contributed by atoms with Crippen molar-refractivity contribution in [3.63, 3.8) is 0 Å². The monoisotopic (exact) mass is 215 g/mol. The van der Waals surface area contributed by atoms with Crippen LogP contribution >= 0.6 is 0 Å². The second-order valence-corrected chi connectivity index (χ2v) is 3.36. The number of carboxylic acid groups (broad SMARTS) is 1.